The number of carbonyl (C=O) groups excluding carboxylic acids is 1. The van der Waals surface area contributed by atoms with Crippen LogP contribution in [0.25, 0.3) is 0 Å². The minimum absolute atomic E-state index is 0.184. The summed E-state index contributed by atoms with van der Waals surface area (Å²) in [4.78, 5) is 13.2. The summed E-state index contributed by atoms with van der Waals surface area (Å²) in [6.45, 7) is 1.78. The predicted molar refractivity (Wildman–Crippen MR) is 123 cm³/mol. The molecule has 3 N–H and O–H groups in total. The van der Waals surface area contributed by atoms with Crippen LogP contribution in [0.5, 0.6) is 0 Å². The molecule has 0 aromatic heterocycles. The third-order valence-corrected chi connectivity index (χ3v) is 5.27. The fourth-order valence-corrected chi connectivity index (χ4v) is 3.59. The fourth-order valence-electron chi connectivity index (χ4n) is 2.49. The number of thiocarbonyl (C=S) groups is 1. The number of nitrogens with one attached hydrogen (secondary N) is 3. The van der Waals surface area contributed by atoms with E-state index in [1.54, 1.807) is 19.1 Å². The van der Waals surface area contributed by atoms with E-state index in [0.717, 1.165) is 16.3 Å². The van der Waals surface area contributed by atoms with Gasteiger partial charge in [-0.2, -0.15) is 0 Å². The molecular formula is C22H20FN3OS2. The lowest BCUT2D eigenvalue weighted by atomic mass is 10.3. The van der Waals surface area contributed by atoms with Gasteiger partial charge in [-0.05, 0) is 67.7 Å². The van der Waals surface area contributed by atoms with Crippen LogP contribution >= 0.6 is 24.0 Å². The average molecular weight is 426 g/mol. The van der Waals surface area contributed by atoms with Gasteiger partial charge in [0.05, 0.1) is 10.9 Å². The number of rotatable bonds is 6. The maximum Gasteiger partial charge on any atom is 0.237 e. The predicted octanol–water partition coefficient (Wildman–Crippen LogP) is 5.75. The van der Waals surface area contributed by atoms with Crippen LogP contribution in [-0.4, -0.2) is 16.3 Å². The van der Waals surface area contributed by atoms with Crippen molar-refractivity contribution in [2.45, 2.75) is 17.1 Å². The zero-order valence-corrected chi connectivity index (χ0v) is 17.3. The van der Waals surface area contributed by atoms with Crippen molar-refractivity contribution < 1.29 is 9.18 Å². The first-order chi connectivity index (χ1) is 14.0. The Morgan fingerprint density at radius 2 is 1.45 bits per heavy atom. The van der Waals surface area contributed by atoms with Gasteiger partial charge in [0.25, 0.3) is 0 Å². The normalized spacial score (nSPS) is 11.4. The average Bonchev–Trinajstić information content (AvgIpc) is 2.72. The number of thioether (sulfide) groups is 1. The summed E-state index contributed by atoms with van der Waals surface area (Å²) in [7, 11) is 0. The summed E-state index contributed by atoms with van der Waals surface area (Å²) < 4.78 is 13.7. The van der Waals surface area contributed by atoms with Crippen molar-refractivity contribution in [1.29, 1.82) is 0 Å². The molecule has 0 radical (unpaired) electrons. The highest BCUT2D eigenvalue weighted by Gasteiger charge is 2.16. The number of anilines is 3. The van der Waals surface area contributed by atoms with E-state index >= 15 is 0 Å². The molecule has 0 bridgehead atoms. The molecule has 29 heavy (non-hydrogen) atoms. The summed E-state index contributed by atoms with van der Waals surface area (Å²) in [5.41, 5.74) is 1.93. The summed E-state index contributed by atoms with van der Waals surface area (Å²) in [6, 6.07) is 23.4. The fraction of sp³-hybridized carbons (Fsp3) is 0.0909. The molecule has 0 spiro atoms. The third-order valence-electron chi connectivity index (χ3n) is 3.96. The van der Waals surface area contributed by atoms with Crippen molar-refractivity contribution >= 4 is 52.1 Å². The lowest BCUT2D eigenvalue weighted by molar-refractivity contribution is -0.115. The van der Waals surface area contributed by atoms with E-state index in [1.807, 2.05) is 54.6 Å². The first-order valence-electron chi connectivity index (χ1n) is 8.96. The van der Waals surface area contributed by atoms with Crippen molar-refractivity contribution in [3.63, 3.8) is 0 Å². The van der Waals surface area contributed by atoms with E-state index in [2.05, 4.69) is 16.0 Å². The Hall–Kier alpha value is -2.90. The Kier molecular flexibility index (Phi) is 7.21. The van der Waals surface area contributed by atoms with Crippen molar-refractivity contribution in [3.05, 3.63) is 84.7 Å². The van der Waals surface area contributed by atoms with Gasteiger partial charge in [0, 0.05) is 16.3 Å². The second-order valence-corrected chi connectivity index (χ2v) is 8.02. The number of amides is 1. The molecule has 0 saturated carbocycles. The Morgan fingerprint density at radius 1 is 0.862 bits per heavy atom. The quantitative estimate of drug-likeness (QED) is 0.347. The molecule has 3 aromatic rings. The monoisotopic (exact) mass is 425 g/mol. The number of benzene rings is 3. The highest BCUT2D eigenvalue weighted by molar-refractivity contribution is 8.00. The SMILES string of the molecule is CC(Sc1ccc(NC(=S)Nc2ccccc2)cc1)C(=O)Nc1ccccc1F. The lowest BCUT2D eigenvalue weighted by Crippen LogP contribution is -2.22. The lowest BCUT2D eigenvalue weighted by Gasteiger charge is -2.13. The molecule has 7 heteroatoms. The third kappa shape index (κ3) is 6.30. The van der Waals surface area contributed by atoms with Crippen molar-refractivity contribution in [1.82, 2.24) is 0 Å². The Balaban J connectivity index is 1.52. The molecule has 0 saturated heterocycles. The molecule has 1 unspecified atom stereocenters. The number of carbonyl (C=O) groups is 1. The van der Waals surface area contributed by atoms with Gasteiger partial charge in [0.2, 0.25) is 5.91 Å². The van der Waals surface area contributed by atoms with Gasteiger partial charge < -0.3 is 16.0 Å². The molecular weight excluding hydrogens is 405 g/mol. The van der Waals surface area contributed by atoms with Gasteiger partial charge in [-0.25, -0.2) is 4.39 Å². The number of para-hydroxylation sites is 2. The number of hydrogen-bond donors (Lipinski definition) is 3. The van der Waals surface area contributed by atoms with E-state index in [4.69, 9.17) is 12.2 Å². The van der Waals surface area contributed by atoms with E-state index in [-0.39, 0.29) is 16.8 Å². The summed E-state index contributed by atoms with van der Waals surface area (Å²) in [5, 5.41) is 8.97. The number of halogens is 1. The van der Waals surface area contributed by atoms with Crippen molar-refractivity contribution in [2.75, 3.05) is 16.0 Å². The van der Waals surface area contributed by atoms with Gasteiger partial charge in [-0.15, -0.1) is 11.8 Å². The summed E-state index contributed by atoms with van der Waals surface area (Å²) in [5.74, 6) is -0.705. The van der Waals surface area contributed by atoms with Crippen LogP contribution in [0.4, 0.5) is 21.5 Å². The first kappa shape index (κ1) is 20.8. The van der Waals surface area contributed by atoms with Crippen LogP contribution in [0.15, 0.2) is 83.8 Å². The van der Waals surface area contributed by atoms with Crippen molar-refractivity contribution in [2.24, 2.45) is 0 Å². The van der Waals surface area contributed by atoms with Crippen LogP contribution in [-0.2, 0) is 4.79 Å². The van der Waals surface area contributed by atoms with E-state index in [9.17, 15) is 9.18 Å². The molecule has 3 rings (SSSR count). The summed E-state index contributed by atoms with van der Waals surface area (Å²) in [6.07, 6.45) is 0. The van der Waals surface area contributed by atoms with Gasteiger partial charge in [-0.1, -0.05) is 30.3 Å². The Labute approximate surface area is 178 Å². The minimum atomic E-state index is -0.450. The zero-order valence-electron chi connectivity index (χ0n) is 15.7. The second-order valence-electron chi connectivity index (χ2n) is 6.20. The van der Waals surface area contributed by atoms with Gasteiger partial charge in [0.15, 0.2) is 5.11 Å². The van der Waals surface area contributed by atoms with Crippen LogP contribution in [0.2, 0.25) is 0 Å². The zero-order chi connectivity index (χ0) is 20.6. The minimum Gasteiger partial charge on any atom is -0.332 e. The summed E-state index contributed by atoms with van der Waals surface area (Å²) >= 11 is 6.71. The molecule has 0 heterocycles. The largest absolute Gasteiger partial charge is 0.332 e. The molecule has 1 amide bonds. The standard InChI is InChI=1S/C22H20FN3OS2/c1-15(21(27)26-20-10-6-5-9-19(20)23)29-18-13-11-17(12-14-18)25-22(28)24-16-7-3-2-4-8-16/h2-15H,1H3,(H,26,27)(H2,24,25,28). The molecule has 3 aromatic carbocycles. The van der Waals surface area contributed by atoms with E-state index in [1.165, 1.54) is 23.9 Å². The van der Waals surface area contributed by atoms with E-state index < -0.39 is 5.82 Å². The van der Waals surface area contributed by atoms with Crippen LogP contribution in [0.1, 0.15) is 6.92 Å². The first-order valence-corrected chi connectivity index (χ1v) is 10.3. The second kappa shape index (κ2) is 10.0. The van der Waals surface area contributed by atoms with Gasteiger partial charge in [-0.3, -0.25) is 4.79 Å². The number of hydrogen-bond acceptors (Lipinski definition) is 3. The molecule has 0 aliphatic rings. The van der Waals surface area contributed by atoms with Gasteiger partial charge in [0.1, 0.15) is 5.82 Å². The van der Waals surface area contributed by atoms with Crippen LogP contribution in [0, 0.1) is 5.82 Å². The highest BCUT2D eigenvalue weighted by atomic mass is 32.2. The van der Waals surface area contributed by atoms with Crippen LogP contribution < -0.4 is 16.0 Å². The van der Waals surface area contributed by atoms with Crippen LogP contribution in [0.3, 0.4) is 0 Å². The molecule has 148 valence electrons. The Morgan fingerprint density at radius 3 is 2.10 bits per heavy atom. The molecule has 0 aliphatic heterocycles. The highest BCUT2D eigenvalue weighted by Crippen LogP contribution is 2.26. The maximum atomic E-state index is 13.7. The molecule has 0 aliphatic carbocycles. The van der Waals surface area contributed by atoms with E-state index in [0.29, 0.717) is 5.11 Å². The van der Waals surface area contributed by atoms with Gasteiger partial charge >= 0.3 is 0 Å². The molecule has 4 nitrogen and oxygen atoms in total. The Bertz CT molecular complexity index is 981. The maximum absolute atomic E-state index is 13.7. The molecule has 0 fully saturated rings. The smallest absolute Gasteiger partial charge is 0.237 e. The molecule has 1 atom stereocenters. The van der Waals surface area contributed by atoms with Crippen molar-refractivity contribution in [3.8, 4) is 0 Å². The topological polar surface area (TPSA) is 53.2 Å².